The van der Waals surface area contributed by atoms with Crippen LogP contribution in [0.4, 0.5) is 22.0 Å². The fraction of sp³-hybridized carbons (Fsp3) is 0.190. The van der Waals surface area contributed by atoms with Crippen molar-refractivity contribution in [1.82, 2.24) is 34.3 Å². The van der Waals surface area contributed by atoms with Crippen molar-refractivity contribution in [2.75, 3.05) is 0 Å². The van der Waals surface area contributed by atoms with Gasteiger partial charge in [-0.2, -0.15) is 5.10 Å². The van der Waals surface area contributed by atoms with Crippen LogP contribution in [-0.4, -0.2) is 34.3 Å². The third-order valence-corrected chi connectivity index (χ3v) is 5.28. The van der Waals surface area contributed by atoms with Gasteiger partial charge in [0.1, 0.15) is 28.8 Å². The molecule has 0 spiro atoms. The van der Waals surface area contributed by atoms with Crippen LogP contribution in [0.1, 0.15) is 18.4 Å². The lowest BCUT2D eigenvalue weighted by Crippen LogP contribution is -2.56. The molecule has 13 heteroatoms. The number of imidazole rings is 1. The summed E-state index contributed by atoms with van der Waals surface area (Å²) in [5, 5.41) is 11.0. The molecule has 34 heavy (non-hydrogen) atoms. The molecule has 0 N–H and O–H groups in total. The molecule has 0 atom stereocenters. The van der Waals surface area contributed by atoms with Gasteiger partial charge in [0, 0.05) is 30.0 Å². The highest BCUT2D eigenvalue weighted by molar-refractivity contribution is 5.78. The van der Waals surface area contributed by atoms with Crippen molar-refractivity contribution in [3.63, 3.8) is 0 Å². The van der Waals surface area contributed by atoms with Crippen molar-refractivity contribution in [2.45, 2.75) is 26.2 Å². The smallest absolute Gasteiger partial charge is 0.328 e. The maximum absolute atomic E-state index is 14.3. The van der Waals surface area contributed by atoms with Crippen LogP contribution in [0.5, 0.6) is 0 Å². The Bertz CT molecular complexity index is 1500. The lowest BCUT2D eigenvalue weighted by molar-refractivity contribution is -0.946. The number of rotatable bonds is 5. The highest BCUT2D eigenvalue weighted by Gasteiger charge is 2.43. The zero-order valence-electron chi connectivity index (χ0n) is 17.6. The van der Waals surface area contributed by atoms with E-state index in [0.29, 0.717) is 33.9 Å². The van der Waals surface area contributed by atoms with Crippen LogP contribution in [0.25, 0.3) is 22.4 Å². The molecule has 0 aliphatic carbocycles. The van der Waals surface area contributed by atoms with Crippen LogP contribution in [0, 0.1) is 11.6 Å². The summed E-state index contributed by atoms with van der Waals surface area (Å²) in [5.74, 6) is -0.656. The summed E-state index contributed by atoms with van der Waals surface area (Å²) in [6, 6.07) is 9.38. The van der Waals surface area contributed by atoms with Crippen LogP contribution in [-0.2, 0) is 19.3 Å². The minimum atomic E-state index is -4.75. The molecule has 5 rings (SSSR count). The largest absolute Gasteiger partial charge is 0.606 e. The maximum atomic E-state index is 14.3. The summed E-state index contributed by atoms with van der Waals surface area (Å²) in [7, 11) is 0. The predicted molar refractivity (Wildman–Crippen MR) is 108 cm³/mol. The summed E-state index contributed by atoms with van der Waals surface area (Å²) in [5.41, 5.74) is 1.79. The lowest BCUT2D eigenvalue weighted by Gasteiger charge is -2.10. The molecule has 0 fully saturated rings. The average Bonchev–Trinajstić information content (AvgIpc) is 3.52. The maximum Gasteiger partial charge on any atom is 0.606 e. The van der Waals surface area contributed by atoms with Crippen LogP contribution in [0.2, 0.25) is 0 Å². The Morgan fingerprint density at radius 2 is 1.82 bits per heavy atom. The van der Waals surface area contributed by atoms with Gasteiger partial charge in [-0.15, -0.1) is 13.2 Å². The Balaban J connectivity index is 1.56. The van der Waals surface area contributed by atoms with Crippen LogP contribution < -0.4 is 4.80 Å². The standard InChI is InChI=1S/C21H16F5N8/c1-2-31-18-6-4-15(33-28-12-29-34(33)21(24,25)26)10-17(18)30-20(31)11-14-7-8-27-32(14)19-9-13(22)3-5-16(19)23/h3-10,12H,2,11H2,1H3/q+1. The van der Waals surface area contributed by atoms with Gasteiger partial charge in [0.15, 0.2) is 0 Å². The van der Waals surface area contributed by atoms with E-state index in [0.717, 1.165) is 24.5 Å². The number of aryl methyl sites for hydroxylation is 1. The first kappa shape index (κ1) is 21.7. The van der Waals surface area contributed by atoms with E-state index in [-0.39, 0.29) is 22.6 Å². The minimum absolute atomic E-state index is 0.0377. The summed E-state index contributed by atoms with van der Waals surface area (Å²) in [6.07, 6.45) is -2.25. The summed E-state index contributed by atoms with van der Waals surface area (Å²) >= 11 is 0. The van der Waals surface area contributed by atoms with Gasteiger partial charge in [-0.1, -0.05) is 0 Å². The number of benzene rings is 2. The van der Waals surface area contributed by atoms with E-state index < -0.39 is 17.9 Å². The van der Waals surface area contributed by atoms with Gasteiger partial charge >= 0.3 is 6.30 Å². The van der Waals surface area contributed by atoms with E-state index in [1.807, 2.05) is 11.5 Å². The number of hydrogen-bond acceptors (Lipinski definition) is 4. The molecule has 5 aromatic rings. The van der Waals surface area contributed by atoms with Crippen molar-refractivity contribution < 1.29 is 26.7 Å². The number of aromatic nitrogens is 8. The monoisotopic (exact) mass is 475 g/mol. The molecule has 0 amide bonds. The van der Waals surface area contributed by atoms with Gasteiger partial charge in [-0.25, -0.2) is 18.4 Å². The topological polar surface area (TPSA) is 70.2 Å². The van der Waals surface area contributed by atoms with Crippen molar-refractivity contribution in [2.24, 2.45) is 0 Å². The second kappa shape index (κ2) is 8.01. The number of nitrogens with zero attached hydrogens (tertiary/aromatic N) is 8. The van der Waals surface area contributed by atoms with Crippen molar-refractivity contribution in [3.8, 4) is 11.4 Å². The first-order chi connectivity index (χ1) is 16.3. The van der Waals surface area contributed by atoms with E-state index in [4.69, 9.17) is 0 Å². The second-order valence-electron chi connectivity index (χ2n) is 7.35. The molecule has 3 aromatic heterocycles. The Morgan fingerprint density at radius 3 is 2.59 bits per heavy atom. The van der Waals surface area contributed by atoms with Gasteiger partial charge in [0.25, 0.3) is 6.33 Å². The van der Waals surface area contributed by atoms with Gasteiger partial charge in [-0.05, 0) is 48.4 Å². The summed E-state index contributed by atoms with van der Waals surface area (Å²) in [4.78, 5) is 5.05. The quantitative estimate of drug-likeness (QED) is 0.289. The highest BCUT2D eigenvalue weighted by atomic mass is 19.4. The third kappa shape index (κ3) is 3.68. The zero-order chi connectivity index (χ0) is 24.0. The molecular weight excluding hydrogens is 459 g/mol. The molecular formula is C21H16F5N8+. The number of tetrazole rings is 1. The predicted octanol–water partition coefficient (Wildman–Crippen LogP) is 3.46. The molecule has 8 nitrogen and oxygen atoms in total. The molecule has 0 radical (unpaired) electrons. The molecule has 3 heterocycles. The highest BCUT2D eigenvalue weighted by Crippen LogP contribution is 2.23. The second-order valence-corrected chi connectivity index (χ2v) is 7.35. The molecule has 0 saturated heterocycles. The van der Waals surface area contributed by atoms with E-state index >= 15 is 0 Å². The summed E-state index contributed by atoms with van der Waals surface area (Å²) in [6.45, 7) is 2.43. The van der Waals surface area contributed by atoms with Crippen LogP contribution in [0.3, 0.4) is 0 Å². The van der Waals surface area contributed by atoms with Gasteiger partial charge in [0.05, 0.1) is 26.6 Å². The Hall–Kier alpha value is -4.16. The zero-order valence-corrected chi connectivity index (χ0v) is 17.6. The normalized spacial score (nSPS) is 12.1. The van der Waals surface area contributed by atoms with E-state index in [1.54, 1.807) is 12.1 Å². The van der Waals surface area contributed by atoms with Gasteiger partial charge in [0.2, 0.25) is 0 Å². The molecule has 174 valence electrons. The molecule has 0 aliphatic rings. The van der Waals surface area contributed by atoms with Crippen LogP contribution in [0.15, 0.2) is 55.0 Å². The van der Waals surface area contributed by atoms with E-state index in [1.165, 1.54) is 23.0 Å². The SMILES string of the molecule is CCn1c(Cc2ccnn2-c2cc(F)ccc2F)nc2cc(-n3ncn[n+]3C(F)(F)F)ccc21. The molecule has 0 aliphatic heterocycles. The Labute approximate surface area is 188 Å². The molecule has 0 unspecified atom stereocenters. The van der Waals surface area contributed by atoms with Crippen molar-refractivity contribution >= 4 is 11.0 Å². The third-order valence-electron chi connectivity index (χ3n) is 5.28. The average molecular weight is 475 g/mol. The number of hydrogen-bond donors (Lipinski definition) is 0. The van der Waals surface area contributed by atoms with E-state index in [9.17, 15) is 22.0 Å². The van der Waals surface area contributed by atoms with Gasteiger partial charge < -0.3 is 4.57 Å². The molecule has 2 aromatic carbocycles. The van der Waals surface area contributed by atoms with Crippen LogP contribution >= 0.6 is 0 Å². The molecule has 0 bridgehead atoms. The Kier molecular flexibility index (Phi) is 5.10. The Morgan fingerprint density at radius 1 is 1.00 bits per heavy atom. The first-order valence-corrected chi connectivity index (χ1v) is 10.1. The lowest BCUT2D eigenvalue weighted by atomic mass is 10.2. The number of halogens is 5. The van der Waals surface area contributed by atoms with Crippen molar-refractivity contribution in [1.29, 1.82) is 0 Å². The minimum Gasteiger partial charge on any atom is -0.328 e. The number of fused-ring (bicyclic) bond motifs is 1. The van der Waals surface area contributed by atoms with Crippen molar-refractivity contribution in [3.05, 3.63) is 78.1 Å². The fourth-order valence-electron chi connectivity index (χ4n) is 3.84. The first-order valence-electron chi connectivity index (χ1n) is 10.1. The van der Waals surface area contributed by atoms with E-state index in [2.05, 4.69) is 20.3 Å². The fourth-order valence-corrected chi connectivity index (χ4v) is 3.84. The van der Waals surface area contributed by atoms with Gasteiger partial charge in [-0.3, -0.25) is 0 Å². The molecule has 0 saturated carbocycles. The number of alkyl halides is 3. The summed E-state index contributed by atoms with van der Waals surface area (Å²) < 4.78 is 70.8.